The van der Waals surface area contributed by atoms with Crippen molar-refractivity contribution in [1.82, 2.24) is 39.5 Å². The molecule has 0 saturated carbocycles. The van der Waals surface area contributed by atoms with Crippen molar-refractivity contribution in [1.29, 1.82) is 0 Å². The van der Waals surface area contributed by atoms with Gasteiger partial charge in [-0.15, -0.1) is 0 Å². The molecule has 4 aliphatic rings. The SMILES string of the molecule is COc1cc(/C=C2\CC[C@@H]3CNC[C@@H](c4cc(F)c(F)c(F)c4)N3C2=O)ccc1-n1cnc(C)c1.COc1cc(/C=C2\CC[C@H]3CNC[C@H](c4cc(F)c(F)c(F)c4)N3C2=O)ccc1-n1cnc(C)c1. The number of hydrogen-bond acceptors (Lipinski definition) is 8. The summed E-state index contributed by atoms with van der Waals surface area (Å²) in [6.07, 6.45) is 13.4. The van der Waals surface area contributed by atoms with E-state index >= 15 is 0 Å². The molecule has 0 spiro atoms. The molecule has 2 aromatic heterocycles. The monoisotopic (exact) mass is 964 g/mol. The number of nitrogens with one attached hydrogen (secondary N) is 2. The van der Waals surface area contributed by atoms with Gasteiger partial charge in [0.15, 0.2) is 34.9 Å². The van der Waals surface area contributed by atoms with Crippen LogP contribution in [0.1, 0.15) is 71.4 Å². The Bertz CT molecular complexity index is 2790. The average molecular weight is 965 g/mol. The second kappa shape index (κ2) is 20.0. The summed E-state index contributed by atoms with van der Waals surface area (Å²) in [5, 5.41) is 6.47. The predicted molar refractivity (Wildman–Crippen MR) is 249 cm³/mol. The highest BCUT2D eigenvalue weighted by atomic mass is 19.2. The number of aryl methyl sites for hydroxylation is 2. The van der Waals surface area contributed by atoms with Gasteiger partial charge >= 0.3 is 0 Å². The highest BCUT2D eigenvalue weighted by molar-refractivity contribution is 6.00. The van der Waals surface area contributed by atoms with Crippen LogP contribution in [0.3, 0.4) is 0 Å². The number of ether oxygens (including phenoxy) is 2. The Balaban J connectivity index is 0.000000174. The molecule has 0 bridgehead atoms. The lowest BCUT2D eigenvalue weighted by molar-refractivity contribution is -0.136. The molecule has 0 unspecified atom stereocenters. The maximum absolute atomic E-state index is 13.9. The number of piperazine rings is 2. The molecular formula is C52H50F6N8O4. The number of rotatable bonds is 8. The lowest BCUT2D eigenvalue weighted by Gasteiger charge is -2.46. The van der Waals surface area contributed by atoms with E-state index in [1.54, 1.807) is 36.7 Å². The Morgan fingerprint density at radius 3 is 1.30 bits per heavy atom. The fraction of sp³-hybridized carbons (Fsp3) is 0.308. The summed E-state index contributed by atoms with van der Waals surface area (Å²) in [7, 11) is 3.17. The van der Waals surface area contributed by atoms with Gasteiger partial charge in [-0.1, -0.05) is 12.1 Å². The highest BCUT2D eigenvalue weighted by Gasteiger charge is 2.41. The Hall–Kier alpha value is -7.18. The zero-order valence-corrected chi connectivity index (χ0v) is 38.8. The Morgan fingerprint density at radius 2 is 0.957 bits per heavy atom. The summed E-state index contributed by atoms with van der Waals surface area (Å²) in [5.41, 5.74) is 6.68. The van der Waals surface area contributed by atoms with Crippen molar-refractivity contribution >= 4 is 24.0 Å². The van der Waals surface area contributed by atoms with Gasteiger partial charge in [0, 0.05) is 61.8 Å². The van der Waals surface area contributed by atoms with E-state index in [-0.39, 0.29) is 35.0 Å². The molecule has 12 nitrogen and oxygen atoms in total. The van der Waals surface area contributed by atoms with Crippen LogP contribution in [0.15, 0.2) is 96.9 Å². The smallest absolute Gasteiger partial charge is 0.250 e. The van der Waals surface area contributed by atoms with E-state index in [1.165, 1.54) is 0 Å². The van der Waals surface area contributed by atoms with Crippen molar-refractivity contribution in [2.75, 3.05) is 40.4 Å². The number of aromatic nitrogens is 4. The minimum atomic E-state index is -1.51. The van der Waals surface area contributed by atoms with E-state index in [2.05, 4.69) is 20.6 Å². The van der Waals surface area contributed by atoms with Crippen molar-refractivity contribution in [2.24, 2.45) is 0 Å². The van der Waals surface area contributed by atoms with Crippen LogP contribution in [0, 0.1) is 48.8 Å². The fourth-order valence-electron chi connectivity index (χ4n) is 9.83. The van der Waals surface area contributed by atoms with Crippen LogP contribution >= 0.6 is 0 Å². The molecule has 2 amide bonds. The zero-order valence-electron chi connectivity index (χ0n) is 38.8. The van der Waals surface area contributed by atoms with Gasteiger partial charge in [-0.25, -0.2) is 36.3 Å². The number of carbonyl (C=O) groups excluding carboxylic acids is 2. The second-order valence-electron chi connectivity index (χ2n) is 17.8. The third-order valence-electron chi connectivity index (χ3n) is 13.3. The number of nitrogens with zero attached hydrogens (tertiary/aromatic N) is 6. The van der Waals surface area contributed by atoms with Crippen molar-refractivity contribution in [3.8, 4) is 22.9 Å². The standard InChI is InChI=1S/2C26H25F3N4O2/c2*1-15-13-32(14-31-15)22-6-3-16(8-24(22)35-2)7-17-4-5-19-11-30-12-23(33(19)26(17)34)18-9-20(27)25(29)21(28)10-18/h2*3,6-10,13-14,19,23,30H,4-5,11-12H2,1-2H3/b2*17-7+/t2*19-,23+/m10/s1. The lowest BCUT2D eigenvalue weighted by atomic mass is 9.89. The topological polar surface area (TPSA) is 119 Å². The van der Waals surface area contributed by atoms with Gasteiger partial charge in [0.2, 0.25) is 0 Å². The van der Waals surface area contributed by atoms with Crippen molar-refractivity contribution in [2.45, 2.75) is 63.7 Å². The Labute approximate surface area is 400 Å². The first-order chi connectivity index (χ1) is 33.7. The minimum Gasteiger partial charge on any atom is -0.495 e. The maximum atomic E-state index is 13.9. The van der Waals surface area contributed by atoms with E-state index in [9.17, 15) is 35.9 Å². The van der Waals surface area contributed by atoms with Crippen LogP contribution in [0.4, 0.5) is 26.3 Å². The van der Waals surface area contributed by atoms with E-state index in [4.69, 9.17) is 9.47 Å². The van der Waals surface area contributed by atoms with Gasteiger partial charge in [0.25, 0.3) is 11.8 Å². The number of benzene rings is 4. The summed E-state index contributed by atoms with van der Waals surface area (Å²) in [5.74, 6) is -7.18. The first-order valence-electron chi connectivity index (χ1n) is 22.9. The highest BCUT2D eigenvalue weighted by Crippen LogP contribution is 2.38. The van der Waals surface area contributed by atoms with E-state index in [0.717, 1.165) is 58.2 Å². The molecule has 6 heterocycles. The van der Waals surface area contributed by atoms with Gasteiger partial charge < -0.3 is 39.0 Å². The number of carbonyl (C=O) groups is 2. The number of fused-ring (bicyclic) bond motifs is 2. The van der Waals surface area contributed by atoms with Crippen LogP contribution < -0.4 is 20.1 Å². The lowest BCUT2D eigenvalue weighted by Crippen LogP contribution is -2.57. The molecule has 0 aliphatic carbocycles. The minimum absolute atomic E-state index is 0.115. The van der Waals surface area contributed by atoms with Gasteiger partial charge in [-0.05, 0) is 122 Å². The molecule has 18 heteroatoms. The number of halogens is 6. The molecular weight excluding hydrogens is 915 g/mol. The summed E-state index contributed by atoms with van der Waals surface area (Å²) in [6.45, 7) is 5.65. The maximum Gasteiger partial charge on any atom is 0.250 e. The summed E-state index contributed by atoms with van der Waals surface area (Å²) < 4.78 is 97.7. The number of piperidine rings is 2. The number of imidazole rings is 2. The number of hydrogen-bond donors (Lipinski definition) is 2. The van der Waals surface area contributed by atoms with Crippen LogP contribution in [0.2, 0.25) is 0 Å². The molecule has 4 atom stereocenters. The van der Waals surface area contributed by atoms with Crippen LogP contribution in [-0.2, 0) is 9.59 Å². The van der Waals surface area contributed by atoms with E-state index in [1.807, 2.05) is 83.9 Å². The fourth-order valence-corrected chi connectivity index (χ4v) is 9.83. The van der Waals surface area contributed by atoms with Crippen LogP contribution in [0.25, 0.3) is 23.5 Å². The zero-order chi connectivity index (χ0) is 49.4. The van der Waals surface area contributed by atoms with Crippen LogP contribution in [0.5, 0.6) is 11.5 Å². The first-order valence-corrected chi connectivity index (χ1v) is 22.9. The largest absolute Gasteiger partial charge is 0.495 e. The van der Waals surface area contributed by atoms with E-state index in [0.29, 0.717) is 74.5 Å². The Morgan fingerprint density at radius 1 is 0.571 bits per heavy atom. The quantitative estimate of drug-likeness (QED) is 0.0885. The predicted octanol–water partition coefficient (Wildman–Crippen LogP) is 8.65. The van der Waals surface area contributed by atoms with Gasteiger partial charge in [0.05, 0.1) is 61.7 Å². The third kappa shape index (κ3) is 9.57. The molecule has 2 N–H and O–H groups in total. The Kier molecular flexibility index (Phi) is 13.7. The van der Waals surface area contributed by atoms with Crippen molar-refractivity contribution in [3.63, 3.8) is 0 Å². The molecule has 0 radical (unpaired) electrons. The van der Waals surface area contributed by atoms with Crippen molar-refractivity contribution in [3.05, 3.63) is 165 Å². The van der Waals surface area contributed by atoms with Gasteiger partial charge in [0.1, 0.15) is 11.5 Å². The molecule has 4 aliphatic heterocycles. The molecule has 364 valence electrons. The third-order valence-corrected chi connectivity index (χ3v) is 13.3. The number of amides is 2. The molecule has 6 aromatic rings. The molecule has 70 heavy (non-hydrogen) atoms. The average Bonchev–Trinajstić information content (AvgIpc) is 4.01. The summed E-state index contributed by atoms with van der Waals surface area (Å²) >= 11 is 0. The molecule has 10 rings (SSSR count). The molecule has 4 fully saturated rings. The summed E-state index contributed by atoms with van der Waals surface area (Å²) in [6, 6.07) is 13.8. The van der Waals surface area contributed by atoms with Crippen LogP contribution in [-0.4, -0.2) is 93.2 Å². The van der Waals surface area contributed by atoms with E-state index < -0.39 is 47.0 Å². The normalized spacial score (nSPS) is 21.3. The second-order valence-corrected chi connectivity index (χ2v) is 17.8. The van der Waals surface area contributed by atoms with Crippen molar-refractivity contribution < 1.29 is 45.4 Å². The molecule has 4 aromatic carbocycles. The summed E-state index contributed by atoms with van der Waals surface area (Å²) in [4.78, 5) is 39.0. The molecule has 4 saturated heterocycles. The first kappa shape index (κ1) is 47.9. The number of methoxy groups -OCH3 is 2. The van der Waals surface area contributed by atoms with Gasteiger partial charge in [-0.2, -0.15) is 0 Å². The van der Waals surface area contributed by atoms with Gasteiger partial charge in [-0.3, -0.25) is 9.59 Å².